The summed E-state index contributed by atoms with van der Waals surface area (Å²) in [6, 6.07) is 1.95. The van der Waals surface area contributed by atoms with Gasteiger partial charge in [0.05, 0.1) is 12.6 Å². The molecule has 1 fully saturated rings. The van der Waals surface area contributed by atoms with Crippen molar-refractivity contribution >= 4 is 17.2 Å². The van der Waals surface area contributed by atoms with Gasteiger partial charge < -0.3 is 9.64 Å². The van der Waals surface area contributed by atoms with E-state index in [0.717, 1.165) is 5.56 Å². The van der Waals surface area contributed by atoms with Gasteiger partial charge in [-0.2, -0.15) is 11.3 Å². The molecule has 1 aliphatic heterocycles. The minimum Gasteiger partial charge on any atom is -0.380 e. The lowest BCUT2D eigenvalue weighted by Gasteiger charge is -2.23. The number of hydrogen-bond acceptors (Lipinski definition) is 4. The van der Waals surface area contributed by atoms with Crippen LogP contribution >= 0.6 is 11.3 Å². The van der Waals surface area contributed by atoms with Crippen LogP contribution < -0.4 is 5.32 Å². The topological polar surface area (TPSA) is 41.6 Å². The zero-order valence-corrected chi connectivity index (χ0v) is 11.0. The first-order valence-electron chi connectivity index (χ1n) is 5.90. The standard InChI is InChI=1S/C12H18N2O2S/c1-3-16-6-5-14-11(10-4-7-17-8-10)13-9(2)12(14)15/h4,7-9,11,13H,3,5-6H2,1-2H3. The Bertz CT molecular complexity index is 367. The molecule has 2 heterocycles. The molecule has 0 saturated carbocycles. The maximum Gasteiger partial charge on any atom is 0.241 e. The zero-order valence-electron chi connectivity index (χ0n) is 10.2. The van der Waals surface area contributed by atoms with Gasteiger partial charge in [0.2, 0.25) is 5.91 Å². The average Bonchev–Trinajstić information content (AvgIpc) is 2.92. The fourth-order valence-electron chi connectivity index (χ4n) is 2.03. The third kappa shape index (κ3) is 2.68. The van der Waals surface area contributed by atoms with Gasteiger partial charge in [0.1, 0.15) is 6.17 Å². The molecule has 0 spiro atoms. The van der Waals surface area contributed by atoms with Crippen molar-refractivity contribution in [3.05, 3.63) is 22.4 Å². The van der Waals surface area contributed by atoms with E-state index in [4.69, 9.17) is 4.74 Å². The first kappa shape index (κ1) is 12.5. The Labute approximate surface area is 106 Å². The summed E-state index contributed by atoms with van der Waals surface area (Å²) in [5.41, 5.74) is 1.16. The third-order valence-corrected chi connectivity index (χ3v) is 3.61. The summed E-state index contributed by atoms with van der Waals surface area (Å²) in [6.45, 7) is 5.79. The van der Waals surface area contributed by atoms with Crippen LogP contribution in [0.25, 0.3) is 0 Å². The average molecular weight is 254 g/mol. The van der Waals surface area contributed by atoms with Crippen molar-refractivity contribution in [2.24, 2.45) is 0 Å². The second-order valence-electron chi connectivity index (χ2n) is 4.08. The number of rotatable bonds is 5. The molecule has 94 valence electrons. The van der Waals surface area contributed by atoms with Gasteiger partial charge in [0.25, 0.3) is 0 Å². The largest absolute Gasteiger partial charge is 0.380 e. The van der Waals surface area contributed by atoms with E-state index in [1.54, 1.807) is 11.3 Å². The molecule has 2 atom stereocenters. The molecule has 2 unspecified atom stereocenters. The van der Waals surface area contributed by atoms with Crippen molar-refractivity contribution in [2.75, 3.05) is 19.8 Å². The normalized spacial score (nSPS) is 24.6. The maximum atomic E-state index is 12.0. The first-order valence-corrected chi connectivity index (χ1v) is 6.84. The van der Waals surface area contributed by atoms with Crippen molar-refractivity contribution in [3.63, 3.8) is 0 Å². The lowest BCUT2D eigenvalue weighted by molar-refractivity contribution is -0.130. The fourth-order valence-corrected chi connectivity index (χ4v) is 2.71. The SMILES string of the molecule is CCOCCN1C(=O)C(C)NC1c1ccsc1. The Hall–Kier alpha value is -0.910. The molecule has 0 radical (unpaired) electrons. The van der Waals surface area contributed by atoms with Gasteiger partial charge in [0, 0.05) is 13.2 Å². The van der Waals surface area contributed by atoms with Crippen molar-refractivity contribution in [3.8, 4) is 0 Å². The lowest BCUT2D eigenvalue weighted by atomic mass is 10.2. The molecule has 0 bridgehead atoms. The van der Waals surface area contributed by atoms with Crippen molar-refractivity contribution in [1.29, 1.82) is 0 Å². The number of nitrogens with zero attached hydrogens (tertiary/aromatic N) is 1. The van der Waals surface area contributed by atoms with Crippen molar-refractivity contribution in [2.45, 2.75) is 26.1 Å². The number of thiophene rings is 1. The molecule has 5 heteroatoms. The lowest BCUT2D eigenvalue weighted by Crippen LogP contribution is -2.33. The molecule has 17 heavy (non-hydrogen) atoms. The minimum atomic E-state index is -0.110. The molecule has 4 nitrogen and oxygen atoms in total. The van der Waals surface area contributed by atoms with E-state index >= 15 is 0 Å². The number of ether oxygens (including phenoxy) is 1. The number of hydrogen-bond donors (Lipinski definition) is 1. The molecule has 1 aromatic rings. The molecule has 0 aliphatic carbocycles. The van der Waals surface area contributed by atoms with E-state index in [-0.39, 0.29) is 18.1 Å². The predicted octanol–water partition coefficient (Wildman–Crippen LogP) is 1.60. The number of nitrogens with one attached hydrogen (secondary N) is 1. The summed E-state index contributed by atoms with van der Waals surface area (Å²) < 4.78 is 5.33. The molecule has 0 aromatic carbocycles. The monoisotopic (exact) mass is 254 g/mol. The number of carbonyl (C=O) groups excluding carboxylic acids is 1. The predicted molar refractivity (Wildman–Crippen MR) is 67.9 cm³/mol. The van der Waals surface area contributed by atoms with Gasteiger partial charge in [0.15, 0.2) is 0 Å². The molecule has 1 N–H and O–H groups in total. The molecule has 2 rings (SSSR count). The van der Waals surface area contributed by atoms with Gasteiger partial charge in [-0.15, -0.1) is 0 Å². The van der Waals surface area contributed by atoms with Crippen LogP contribution in [-0.4, -0.2) is 36.6 Å². The molecular formula is C12H18N2O2S. The van der Waals surface area contributed by atoms with E-state index in [0.29, 0.717) is 19.8 Å². The Morgan fingerprint density at radius 2 is 2.41 bits per heavy atom. The number of amides is 1. The quantitative estimate of drug-likeness (QED) is 0.812. The Morgan fingerprint density at radius 1 is 1.59 bits per heavy atom. The zero-order chi connectivity index (χ0) is 12.3. The molecule has 1 amide bonds. The van der Waals surface area contributed by atoms with Crippen LogP contribution in [-0.2, 0) is 9.53 Å². The second-order valence-corrected chi connectivity index (χ2v) is 4.86. The van der Waals surface area contributed by atoms with Gasteiger partial charge in [-0.3, -0.25) is 10.1 Å². The highest BCUT2D eigenvalue weighted by Crippen LogP contribution is 2.26. The summed E-state index contributed by atoms with van der Waals surface area (Å²) in [5.74, 6) is 0.154. The Kier molecular flexibility index (Phi) is 4.15. The highest BCUT2D eigenvalue weighted by molar-refractivity contribution is 7.07. The van der Waals surface area contributed by atoms with E-state index in [2.05, 4.69) is 16.8 Å². The van der Waals surface area contributed by atoms with Crippen molar-refractivity contribution in [1.82, 2.24) is 10.2 Å². The summed E-state index contributed by atoms with van der Waals surface area (Å²) in [6.07, 6.45) is 0.00389. The fraction of sp³-hybridized carbons (Fsp3) is 0.583. The number of carbonyl (C=O) groups is 1. The van der Waals surface area contributed by atoms with E-state index in [1.165, 1.54) is 0 Å². The van der Waals surface area contributed by atoms with Crippen LogP contribution in [0.1, 0.15) is 25.6 Å². The van der Waals surface area contributed by atoms with Crippen LogP contribution in [0.3, 0.4) is 0 Å². The summed E-state index contributed by atoms with van der Waals surface area (Å²) in [4.78, 5) is 13.9. The first-order chi connectivity index (χ1) is 8.24. The Balaban J connectivity index is 2.05. The third-order valence-electron chi connectivity index (χ3n) is 2.91. The van der Waals surface area contributed by atoms with E-state index in [1.807, 2.05) is 24.1 Å². The molecule has 1 aliphatic rings. The van der Waals surface area contributed by atoms with Crippen LogP contribution in [0.2, 0.25) is 0 Å². The second kappa shape index (κ2) is 5.62. The van der Waals surface area contributed by atoms with E-state index < -0.39 is 0 Å². The maximum absolute atomic E-state index is 12.0. The molecule has 1 aromatic heterocycles. The highest BCUT2D eigenvalue weighted by atomic mass is 32.1. The van der Waals surface area contributed by atoms with Gasteiger partial charge in [-0.1, -0.05) is 0 Å². The van der Waals surface area contributed by atoms with Gasteiger partial charge in [-0.25, -0.2) is 0 Å². The summed E-state index contributed by atoms with van der Waals surface area (Å²) >= 11 is 1.65. The molecule has 1 saturated heterocycles. The van der Waals surface area contributed by atoms with Gasteiger partial charge >= 0.3 is 0 Å². The van der Waals surface area contributed by atoms with Crippen LogP contribution in [0.15, 0.2) is 16.8 Å². The van der Waals surface area contributed by atoms with Crippen LogP contribution in [0.5, 0.6) is 0 Å². The summed E-state index contributed by atoms with van der Waals surface area (Å²) in [5, 5.41) is 7.42. The Morgan fingerprint density at radius 3 is 3.06 bits per heavy atom. The minimum absolute atomic E-state index is 0.00389. The summed E-state index contributed by atoms with van der Waals surface area (Å²) in [7, 11) is 0. The van der Waals surface area contributed by atoms with Crippen LogP contribution in [0, 0.1) is 0 Å². The van der Waals surface area contributed by atoms with Crippen molar-refractivity contribution < 1.29 is 9.53 Å². The van der Waals surface area contributed by atoms with Crippen LogP contribution in [0.4, 0.5) is 0 Å². The van der Waals surface area contributed by atoms with E-state index in [9.17, 15) is 4.79 Å². The smallest absolute Gasteiger partial charge is 0.241 e. The highest BCUT2D eigenvalue weighted by Gasteiger charge is 2.36. The molecular weight excluding hydrogens is 236 g/mol. The van der Waals surface area contributed by atoms with Gasteiger partial charge in [-0.05, 0) is 36.2 Å².